The topological polar surface area (TPSA) is 117 Å². The number of amides is 2. The summed E-state index contributed by atoms with van der Waals surface area (Å²) in [6, 6.07) is -0.408. The molecule has 1 aliphatic rings. The van der Waals surface area contributed by atoms with E-state index in [1.165, 1.54) is 15.7 Å². The second kappa shape index (κ2) is 5.54. The minimum Gasteiger partial charge on any atom is -0.477 e. The summed E-state index contributed by atoms with van der Waals surface area (Å²) in [4.78, 5) is 37.6. The van der Waals surface area contributed by atoms with E-state index in [4.69, 9.17) is 0 Å². The molecule has 9 heteroatoms. The van der Waals surface area contributed by atoms with Crippen LogP contribution in [0.5, 0.6) is 0 Å². The van der Waals surface area contributed by atoms with Crippen molar-refractivity contribution in [3.8, 4) is 0 Å². The third-order valence-corrected chi connectivity index (χ3v) is 3.06. The van der Waals surface area contributed by atoms with Crippen molar-refractivity contribution in [2.75, 3.05) is 13.2 Å². The van der Waals surface area contributed by atoms with Crippen LogP contribution in [0.2, 0.25) is 0 Å². The summed E-state index contributed by atoms with van der Waals surface area (Å²) < 4.78 is 1.31. The Morgan fingerprint density at radius 3 is 2.95 bits per heavy atom. The number of rotatable bonds is 3. The van der Waals surface area contributed by atoms with Gasteiger partial charge in [0.15, 0.2) is 5.69 Å². The molecule has 0 atom stereocenters. The van der Waals surface area contributed by atoms with E-state index in [0.29, 0.717) is 24.2 Å². The number of fused-ring (bicyclic) bond motifs is 1. The minimum absolute atomic E-state index is 0.0865. The van der Waals surface area contributed by atoms with Gasteiger partial charge >= 0.3 is 12.0 Å². The van der Waals surface area contributed by atoms with E-state index in [1.54, 1.807) is 7.05 Å². The number of isocyanates is 1. The minimum atomic E-state index is -1.07. The van der Waals surface area contributed by atoms with E-state index in [9.17, 15) is 19.5 Å². The molecule has 2 heterocycles. The number of hydrogen-bond donors (Lipinski definition) is 2. The van der Waals surface area contributed by atoms with Gasteiger partial charge in [0, 0.05) is 25.6 Å². The zero-order valence-corrected chi connectivity index (χ0v) is 10.8. The molecule has 2 N–H and O–H groups in total. The molecule has 0 radical (unpaired) electrons. The zero-order chi connectivity index (χ0) is 14.7. The maximum Gasteiger partial charge on any atom is 0.354 e. The van der Waals surface area contributed by atoms with Crippen molar-refractivity contribution in [1.29, 1.82) is 0 Å². The smallest absolute Gasteiger partial charge is 0.354 e. The Hall–Kier alpha value is -2.67. The van der Waals surface area contributed by atoms with Crippen LogP contribution in [0, 0.1) is 0 Å². The van der Waals surface area contributed by atoms with E-state index in [2.05, 4.69) is 15.4 Å². The second-order valence-corrected chi connectivity index (χ2v) is 4.26. The fourth-order valence-electron chi connectivity index (χ4n) is 2.19. The summed E-state index contributed by atoms with van der Waals surface area (Å²) >= 11 is 0. The summed E-state index contributed by atoms with van der Waals surface area (Å²) in [7, 11) is 1.56. The number of carboxylic acid groups (broad SMARTS) is 1. The summed E-state index contributed by atoms with van der Waals surface area (Å²) in [6.45, 7) is 0.450. The number of aryl methyl sites for hydroxylation is 1. The van der Waals surface area contributed by atoms with Crippen LogP contribution in [-0.4, -0.2) is 51.1 Å². The van der Waals surface area contributed by atoms with Crippen LogP contribution >= 0.6 is 0 Å². The standard InChI is InChI=1S/C11H13N5O4/c1-15-9(10(18)19)7-4-16(3-2-8(7)14-15)11(20)13-5-12-6-17/h2-5H2,1H3,(H,13,20)(H,18,19). The lowest BCUT2D eigenvalue weighted by atomic mass is 10.1. The molecule has 0 saturated carbocycles. The van der Waals surface area contributed by atoms with Gasteiger partial charge in [-0.1, -0.05) is 0 Å². The highest BCUT2D eigenvalue weighted by molar-refractivity contribution is 5.88. The third kappa shape index (κ3) is 2.52. The monoisotopic (exact) mass is 279 g/mol. The molecule has 1 aromatic heterocycles. The normalized spacial score (nSPS) is 13.3. The Morgan fingerprint density at radius 1 is 1.55 bits per heavy atom. The summed E-state index contributed by atoms with van der Waals surface area (Å²) in [6.07, 6.45) is 1.81. The van der Waals surface area contributed by atoms with Crippen molar-refractivity contribution in [2.45, 2.75) is 13.0 Å². The predicted molar refractivity (Wildman–Crippen MR) is 65.8 cm³/mol. The Labute approximate surface area is 113 Å². The number of urea groups is 1. The Bertz CT molecular complexity index is 602. The first-order valence-corrected chi connectivity index (χ1v) is 5.89. The van der Waals surface area contributed by atoms with Crippen molar-refractivity contribution in [3.63, 3.8) is 0 Å². The van der Waals surface area contributed by atoms with Crippen LogP contribution in [0.15, 0.2) is 4.99 Å². The largest absolute Gasteiger partial charge is 0.477 e. The van der Waals surface area contributed by atoms with Crippen LogP contribution < -0.4 is 5.32 Å². The van der Waals surface area contributed by atoms with Gasteiger partial charge in [-0.25, -0.2) is 14.4 Å². The number of carbonyl (C=O) groups is 2. The van der Waals surface area contributed by atoms with Crippen LogP contribution in [0.3, 0.4) is 0 Å². The molecule has 20 heavy (non-hydrogen) atoms. The molecule has 2 amide bonds. The van der Waals surface area contributed by atoms with Gasteiger partial charge in [-0.3, -0.25) is 4.68 Å². The Morgan fingerprint density at radius 2 is 2.30 bits per heavy atom. The van der Waals surface area contributed by atoms with Crippen LogP contribution in [-0.2, 0) is 24.8 Å². The summed E-state index contributed by atoms with van der Waals surface area (Å²) in [5.74, 6) is -1.07. The first-order chi connectivity index (χ1) is 9.54. The highest BCUT2D eigenvalue weighted by Crippen LogP contribution is 2.21. The van der Waals surface area contributed by atoms with Crippen LogP contribution in [0.1, 0.15) is 21.7 Å². The van der Waals surface area contributed by atoms with Crippen molar-refractivity contribution in [3.05, 3.63) is 17.0 Å². The zero-order valence-electron chi connectivity index (χ0n) is 10.8. The quantitative estimate of drug-likeness (QED) is 0.570. The van der Waals surface area contributed by atoms with Gasteiger partial charge in [-0.2, -0.15) is 10.1 Å². The SMILES string of the molecule is Cn1nc2c(c1C(=O)O)CN(C(=O)NCN=C=O)CC2. The van der Waals surface area contributed by atoms with Gasteiger partial charge in [0.1, 0.15) is 6.67 Å². The Balaban J connectivity index is 2.15. The molecule has 0 aliphatic carbocycles. The van der Waals surface area contributed by atoms with Gasteiger partial charge in [-0.05, 0) is 0 Å². The molecular weight excluding hydrogens is 266 g/mol. The fourth-order valence-corrected chi connectivity index (χ4v) is 2.19. The van der Waals surface area contributed by atoms with Crippen molar-refractivity contribution < 1.29 is 19.5 Å². The van der Waals surface area contributed by atoms with Gasteiger partial charge < -0.3 is 15.3 Å². The number of aromatic nitrogens is 2. The molecule has 9 nitrogen and oxygen atoms in total. The molecule has 0 bridgehead atoms. The van der Waals surface area contributed by atoms with E-state index in [1.807, 2.05) is 0 Å². The van der Waals surface area contributed by atoms with Crippen molar-refractivity contribution in [1.82, 2.24) is 20.0 Å². The molecule has 0 fully saturated rings. The lowest BCUT2D eigenvalue weighted by molar-refractivity contribution is 0.0682. The average molecular weight is 279 g/mol. The highest BCUT2D eigenvalue weighted by atomic mass is 16.4. The molecule has 0 saturated heterocycles. The van der Waals surface area contributed by atoms with Gasteiger partial charge in [0.25, 0.3) is 0 Å². The molecular formula is C11H13N5O4. The molecule has 0 aromatic carbocycles. The lowest BCUT2D eigenvalue weighted by Crippen LogP contribution is -2.43. The van der Waals surface area contributed by atoms with Crippen LogP contribution in [0.25, 0.3) is 0 Å². The van der Waals surface area contributed by atoms with E-state index < -0.39 is 12.0 Å². The average Bonchev–Trinajstić information content (AvgIpc) is 2.73. The number of aliphatic imine (C=N–C) groups is 1. The fraction of sp³-hybridized carbons (Fsp3) is 0.455. The molecule has 2 rings (SSSR count). The van der Waals surface area contributed by atoms with Crippen molar-refractivity contribution in [2.24, 2.45) is 12.0 Å². The number of carbonyl (C=O) groups excluding carboxylic acids is 2. The van der Waals surface area contributed by atoms with Gasteiger partial charge in [0.05, 0.1) is 12.2 Å². The second-order valence-electron chi connectivity index (χ2n) is 4.26. The predicted octanol–water partition coefficient (Wildman–Crippen LogP) is -0.521. The van der Waals surface area contributed by atoms with Gasteiger partial charge in [0.2, 0.25) is 6.08 Å². The number of nitrogens with one attached hydrogen (secondary N) is 1. The van der Waals surface area contributed by atoms with E-state index in [0.717, 1.165) is 0 Å². The van der Waals surface area contributed by atoms with E-state index >= 15 is 0 Å². The number of carboxylic acids is 1. The third-order valence-electron chi connectivity index (χ3n) is 3.06. The van der Waals surface area contributed by atoms with Gasteiger partial charge in [-0.15, -0.1) is 0 Å². The maximum absolute atomic E-state index is 11.8. The van der Waals surface area contributed by atoms with Crippen LogP contribution in [0.4, 0.5) is 4.79 Å². The lowest BCUT2D eigenvalue weighted by Gasteiger charge is -2.26. The number of hydrogen-bond acceptors (Lipinski definition) is 5. The maximum atomic E-state index is 11.8. The van der Waals surface area contributed by atoms with E-state index in [-0.39, 0.29) is 18.9 Å². The summed E-state index contributed by atoms with van der Waals surface area (Å²) in [5, 5.41) is 15.7. The molecule has 0 unspecified atom stereocenters. The van der Waals surface area contributed by atoms with Crippen molar-refractivity contribution >= 4 is 18.1 Å². The molecule has 106 valence electrons. The number of aromatic carboxylic acids is 1. The summed E-state index contributed by atoms with van der Waals surface area (Å²) in [5.41, 5.74) is 1.32. The number of nitrogens with zero attached hydrogens (tertiary/aromatic N) is 4. The Kier molecular flexibility index (Phi) is 3.81. The first kappa shape index (κ1) is 13.8. The molecule has 1 aliphatic heterocycles. The molecule has 0 spiro atoms. The highest BCUT2D eigenvalue weighted by Gasteiger charge is 2.28. The molecule has 1 aromatic rings. The first-order valence-electron chi connectivity index (χ1n) is 5.89.